The van der Waals surface area contributed by atoms with Gasteiger partial charge in [0.25, 0.3) is 0 Å². The molecule has 1 aromatic carbocycles. The standard InChI is InChI=1S/C17H26O4/c1-3-13-20-15-9-11-16(12-10-15)21-14-7-5-6-8-17(18)19-4-2/h9-12H,3-8,13-14H2,1-2H3. The normalized spacial score (nSPS) is 10.2. The molecule has 0 unspecified atom stereocenters. The van der Waals surface area contributed by atoms with Gasteiger partial charge in [0.15, 0.2) is 0 Å². The second kappa shape index (κ2) is 11.0. The Hall–Kier alpha value is -1.71. The van der Waals surface area contributed by atoms with Crippen molar-refractivity contribution in [3.05, 3.63) is 24.3 Å². The number of hydrogen-bond acceptors (Lipinski definition) is 4. The predicted octanol–water partition coefficient (Wildman–Crippen LogP) is 3.98. The van der Waals surface area contributed by atoms with E-state index in [-0.39, 0.29) is 5.97 Å². The largest absolute Gasteiger partial charge is 0.494 e. The average molecular weight is 294 g/mol. The molecule has 4 heteroatoms. The minimum atomic E-state index is -0.110. The molecule has 1 rings (SSSR count). The second-order valence-electron chi connectivity index (χ2n) is 4.78. The Morgan fingerprint density at radius 1 is 0.905 bits per heavy atom. The van der Waals surface area contributed by atoms with Crippen LogP contribution in [0.2, 0.25) is 0 Å². The molecule has 0 spiro atoms. The van der Waals surface area contributed by atoms with E-state index in [0.717, 1.165) is 43.8 Å². The maximum absolute atomic E-state index is 11.1. The van der Waals surface area contributed by atoms with Crippen LogP contribution in [0.25, 0.3) is 0 Å². The van der Waals surface area contributed by atoms with Crippen molar-refractivity contribution in [2.75, 3.05) is 19.8 Å². The lowest BCUT2D eigenvalue weighted by Crippen LogP contribution is -2.04. The molecule has 0 saturated heterocycles. The van der Waals surface area contributed by atoms with Gasteiger partial charge in [-0.25, -0.2) is 0 Å². The summed E-state index contributed by atoms with van der Waals surface area (Å²) >= 11 is 0. The highest BCUT2D eigenvalue weighted by Crippen LogP contribution is 2.18. The average Bonchev–Trinajstić information content (AvgIpc) is 2.50. The molecule has 0 aliphatic carbocycles. The number of unbranched alkanes of at least 4 members (excludes halogenated alkanes) is 2. The molecule has 0 fully saturated rings. The van der Waals surface area contributed by atoms with Gasteiger partial charge in [-0.2, -0.15) is 0 Å². The molecule has 1 aromatic rings. The number of esters is 1. The zero-order valence-corrected chi connectivity index (χ0v) is 13.1. The zero-order chi connectivity index (χ0) is 15.3. The maximum Gasteiger partial charge on any atom is 0.305 e. The molecule has 0 bridgehead atoms. The highest BCUT2D eigenvalue weighted by Gasteiger charge is 2.01. The Kier molecular flexibility index (Phi) is 9.09. The van der Waals surface area contributed by atoms with Crippen LogP contribution < -0.4 is 9.47 Å². The molecule has 0 amide bonds. The van der Waals surface area contributed by atoms with Crippen LogP contribution in [0.4, 0.5) is 0 Å². The summed E-state index contributed by atoms with van der Waals surface area (Å²) in [7, 11) is 0. The maximum atomic E-state index is 11.1. The van der Waals surface area contributed by atoms with Gasteiger partial charge >= 0.3 is 5.97 Å². The first-order valence-electron chi connectivity index (χ1n) is 7.77. The highest BCUT2D eigenvalue weighted by atomic mass is 16.5. The third-order valence-electron chi connectivity index (χ3n) is 2.90. The van der Waals surface area contributed by atoms with Crippen molar-refractivity contribution < 1.29 is 19.0 Å². The number of rotatable bonds is 11. The molecular formula is C17H26O4. The van der Waals surface area contributed by atoms with Crippen molar-refractivity contribution in [1.29, 1.82) is 0 Å². The van der Waals surface area contributed by atoms with Gasteiger partial charge in [0.2, 0.25) is 0 Å². The summed E-state index contributed by atoms with van der Waals surface area (Å²) in [6.45, 7) is 5.77. The van der Waals surface area contributed by atoms with Gasteiger partial charge in [0.1, 0.15) is 11.5 Å². The lowest BCUT2D eigenvalue weighted by molar-refractivity contribution is -0.143. The fraction of sp³-hybridized carbons (Fsp3) is 0.588. The van der Waals surface area contributed by atoms with Crippen LogP contribution in [0.3, 0.4) is 0 Å². The molecule has 0 aliphatic rings. The Labute approximate surface area is 127 Å². The number of ether oxygens (including phenoxy) is 3. The number of carbonyl (C=O) groups excluding carboxylic acids is 1. The molecule has 0 aliphatic heterocycles. The van der Waals surface area contributed by atoms with Crippen LogP contribution >= 0.6 is 0 Å². The molecule has 0 atom stereocenters. The van der Waals surface area contributed by atoms with Gasteiger partial charge in [-0.1, -0.05) is 6.92 Å². The molecule has 0 saturated carbocycles. The van der Waals surface area contributed by atoms with E-state index in [4.69, 9.17) is 14.2 Å². The fourth-order valence-electron chi connectivity index (χ4n) is 1.82. The van der Waals surface area contributed by atoms with E-state index < -0.39 is 0 Å². The van der Waals surface area contributed by atoms with Crippen molar-refractivity contribution in [1.82, 2.24) is 0 Å². The summed E-state index contributed by atoms with van der Waals surface area (Å²) in [6.07, 6.45) is 4.26. The first kappa shape index (κ1) is 17.3. The van der Waals surface area contributed by atoms with Crippen LogP contribution in [-0.2, 0) is 9.53 Å². The van der Waals surface area contributed by atoms with E-state index >= 15 is 0 Å². The minimum Gasteiger partial charge on any atom is -0.494 e. The third-order valence-corrected chi connectivity index (χ3v) is 2.90. The van der Waals surface area contributed by atoms with Crippen molar-refractivity contribution in [2.24, 2.45) is 0 Å². The van der Waals surface area contributed by atoms with Crippen LogP contribution in [0, 0.1) is 0 Å². The smallest absolute Gasteiger partial charge is 0.305 e. The van der Waals surface area contributed by atoms with Crippen LogP contribution in [0.5, 0.6) is 11.5 Å². The van der Waals surface area contributed by atoms with Gasteiger partial charge < -0.3 is 14.2 Å². The first-order valence-corrected chi connectivity index (χ1v) is 7.77. The number of carbonyl (C=O) groups is 1. The summed E-state index contributed by atoms with van der Waals surface area (Å²) in [5.41, 5.74) is 0. The summed E-state index contributed by atoms with van der Waals surface area (Å²) in [4.78, 5) is 11.1. The van der Waals surface area contributed by atoms with E-state index in [0.29, 0.717) is 19.6 Å². The number of benzene rings is 1. The van der Waals surface area contributed by atoms with Gasteiger partial charge in [0, 0.05) is 6.42 Å². The Morgan fingerprint density at radius 3 is 2.10 bits per heavy atom. The van der Waals surface area contributed by atoms with Gasteiger partial charge in [0.05, 0.1) is 19.8 Å². The highest BCUT2D eigenvalue weighted by molar-refractivity contribution is 5.69. The monoisotopic (exact) mass is 294 g/mol. The van der Waals surface area contributed by atoms with Gasteiger partial charge in [-0.3, -0.25) is 4.79 Å². The second-order valence-corrected chi connectivity index (χ2v) is 4.78. The molecule has 0 aromatic heterocycles. The van der Waals surface area contributed by atoms with Gasteiger partial charge in [-0.05, 0) is 56.9 Å². The molecule has 118 valence electrons. The topological polar surface area (TPSA) is 44.8 Å². The van der Waals surface area contributed by atoms with E-state index in [1.54, 1.807) is 0 Å². The van der Waals surface area contributed by atoms with Crippen molar-refractivity contribution >= 4 is 5.97 Å². The SMILES string of the molecule is CCCOc1ccc(OCCCCCC(=O)OCC)cc1. The van der Waals surface area contributed by atoms with Crippen LogP contribution in [-0.4, -0.2) is 25.8 Å². The molecule has 0 heterocycles. The first-order chi connectivity index (χ1) is 10.3. The van der Waals surface area contributed by atoms with E-state index in [1.807, 2.05) is 31.2 Å². The van der Waals surface area contributed by atoms with E-state index in [9.17, 15) is 4.79 Å². The molecular weight excluding hydrogens is 268 g/mol. The quantitative estimate of drug-likeness (QED) is 0.457. The van der Waals surface area contributed by atoms with Crippen LogP contribution in [0.15, 0.2) is 24.3 Å². The fourth-order valence-corrected chi connectivity index (χ4v) is 1.82. The molecule has 4 nitrogen and oxygen atoms in total. The molecule has 0 radical (unpaired) electrons. The predicted molar refractivity (Wildman–Crippen MR) is 82.8 cm³/mol. The van der Waals surface area contributed by atoms with Crippen molar-refractivity contribution in [3.63, 3.8) is 0 Å². The summed E-state index contributed by atoms with van der Waals surface area (Å²) < 4.78 is 16.0. The summed E-state index contributed by atoms with van der Waals surface area (Å²) in [6, 6.07) is 7.69. The van der Waals surface area contributed by atoms with E-state index in [2.05, 4.69) is 6.92 Å². The lowest BCUT2D eigenvalue weighted by Gasteiger charge is -2.08. The molecule has 0 N–H and O–H groups in total. The Bertz CT molecular complexity index is 386. The van der Waals surface area contributed by atoms with Crippen LogP contribution in [0.1, 0.15) is 46.0 Å². The van der Waals surface area contributed by atoms with Crippen molar-refractivity contribution in [2.45, 2.75) is 46.0 Å². The van der Waals surface area contributed by atoms with Crippen molar-refractivity contribution in [3.8, 4) is 11.5 Å². The lowest BCUT2D eigenvalue weighted by atomic mass is 10.2. The summed E-state index contributed by atoms with van der Waals surface area (Å²) in [5, 5.41) is 0. The third kappa shape index (κ3) is 8.23. The number of hydrogen-bond donors (Lipinski definition) is 0. The minimum absolute atomic E-state index is 0.110. The zero-order valence-electron chi connectivity index (χ0n) is 13.1. The van der Waals surface area contributed by atoms with Gasteiger partial charge in [-0.15, -0.1) is 0 Å². The van der Waals surface area contributed by atoms with E-state index in [1.165, 1.54) is 0 Å². The molecule has 21 heavy (non-hydrogen) atoms. The Balaban J connectivity index is 2.08. The Morgan fingerprint density at radius 2 is 1.52 bits per heavy atom. The summed E-state index contributed by atoms with van der Waals surface area (Å²) in [5.74, 6) is 1.61.